The first-order chi connectivity index (χ1) is 9.95. The molecule has 4 nitrogen and oxygen atoms in total. The number of benzene rings is 2. The van der Waals surface area contributed by atoms with E-state index in [9.17, 15) is 8.42 Å². The number of anilines is 1. The van der Waals surface area contributed by atoms with Gasteiger partial charge in [0.25, 0.3) is 10.0 Å². The number of rotatable bonds is 5. The van der Waals surface area contributed by atoms with Crippen molar-refractivity contribution in [3.63, 3.8) is 0 Å². The summed E-state index contributed by atoms with van der Waals surface area (Å²) in [6.07, 6.45) is 0. The largest absolute Gasteiger partial charge is 0.316 e. The average Bonchev–Trinajstić information content (AvgIpc) is 2.47. The zero-order valence-corrected chi connectivity index (χ0v) is 13.3. The van der Waals surface area contributed by atoms with Gasteiger partial charge in [0.15, 0.2) is 0 Å². The van der Waals surface area contributed by atoms with Gasteiger partial charge in [0.1, 0.15) is 0 Å². The highest BCUT2D eigenvalue weighted by molar-refractivity contribution is 7.92. The first kappa shape index (κ1) is 15.5. The molecule has 0 unspecified atom stereocenters. The van der Waals surface area contributed by atoms with E-state index in [1.165, 1.54) is 4.31 Å². The Labute approximate surface area is 126 Å². The van der Waals surface area contributed by atoms with Gasteiger partial charge in [-0.3, -0.25) is 4.31 Å². The second-order valence-electron chi connectivity index (χ2n) is 4.99. The fourth-order valence-corrected chi connectivity index (χ4v) is 3.40. The van der Waals surface area contributed by atoms with Crippen LogP contribution in [0.15, 0.2) is 53.4 Å². The number of sulfonamides is 1. The van der Waals surface area contributed by atoms with Crippen LogP contribution in [0.25, 0.3) is 0 Å². The van der Waals surface area contributed by atoms with Gasteiger partial charge in [0.2, 0.25) is 0 Å². The maximum atomic E-state index is 12.7. The second kappa shape index (κ2) is 6.28. The summed E-state index contributed by atoms with van der Waals surface area (Å²) in [5.41, 5.74) is 2.63. The van der Waals surface area contributed by atoms with Gasteiger partial charge < -0.3 is 5.32 Å². The third-order valence-corrected chi connectivity index (χ3v) is 5.08. The Morgan fingerprint density at radius 2 is 1.81 bits per heavy atom. The Kier molecular flexibility index (Phi) is 4.65. The molecule has 0 fully saturated rings. The van der Waals surface area contributed by atoms with Crippen molar-refractivity contribution >= 4 is 15.7 Å². The van der Waals surface area contributed by atoms with Gasteiger partial charge in [0.05, 0.1) is 10.6 Å². The van der Waals surface area contributed by atoms with Crippen LogP contribution in [0, 0.1) is 6.92 Å². The molecule has 2 aromatic rings. The predicted molar refractivity (Wildman–Crippen MR) is 86.0 cm³/mol. The fourth-order valence-electron chi connectivity index (χ4n) is 2.14. The molecule has 0 radical (unpaired) electrons. The molecule has 0 aliphatic rings. The topological polar surface area (TPSA) is 49.4 Å². The Balaban J connectivity index is 2.39. The molecule has 0 saturated carbocycles. The van der Waals surface area contributed by atoms with Crippen LogP contribution < -0.4 is 9.62 Å². The van der Waals surface area contributed by atoms with Crippen molar-refractivity contribution in [2.24, 2.45) is 0 Å². The van der Waals surface area contributed by atoms with Gasteiger partial charge in [-0.15, -0.1) is 0 Å². The zero-order chi connectivity index (χ0) is 15.5. The zero-order valence-electron chi connectivity index (χ0n) is 12.5. The SMILES string of the molecule is CNCc1cccc(S(=O)(=O)N(C)c2cccc(C)c2)c1. The van der Waals surface area contributed by atoms with Gasteiger partial charge in [-0.25, -0.2) is 8.42 Å². The first-order valence-corrected chi connectivity index (χ1v) is 8.18. The van der Waals surface area contributed by atoms with E-state index < -0.39 is 10.0 Å². The van der Waals surface area contributed by atoms with Crippen molar-refractivity contribution in [3.8, 4) is 0 Å². The smallest absolute Gasteiger partial charge is 0.264 e. The summed E-state index contributed by atoms with van der Waals surface area (Å²) in [5.74, 6) is 0. The van der Waals surface area contributed by atoms with Crippen LogP contribution >= 0.6 is 0 Å². The lowest BCUT2D eigenvalue weighted by Crippen LogP contribution is -2.26. The minimum atomic E-state index is -3.54. The van der Waals surface area contributed by atoms with E-state index >= 15 is 0 Å². The van der Waals surface area contributed by atoms with Crippen molar-refractivity contribution in [3.05, 3.63) is 59.7 Å². The quantitative estimate of drug-likeness (QED) is 0.923. The highest BCUT2D eigenvalue weighted by Gasteiger charge is 2.21. The molecule has 0 atom stereocenters. The number of nitrogens with one attached hydrogen (secondary N) is 1. The third-order valence-electron chi connectivity index (χ3n) is 3.30. The first-order valence-electron chi connectivity index (χ1n) is 6.74. The van der Waals surface area contributed by atoms with E-state index in [0.717, 1.165) is 11.1 Å². The average molecular weight is 304 g/mol. The standard InChI is InChI=1S/C16H20N2O2S/c1-13-6-4-8-15(10-13)18(3)21(19,20)16-9-5-7-14(11-16)12-17-2/h4-11,17H,12H2,1-3H3. The van der Waals surface area contributed by atoms with Crippen molar-refractivity contribution in [1.82, 2.24) is 5.32 Å². The molecule has 0 aromatic heterocycles. The van der Waals surface area contributed by atoms with Crippen LogP contribution in [0.4, 0.5) is 5.69 Å². The molecule has 0 aliphatic carbocycles. The van der Waals surface area contributed by atoms with Crippen LogP contribution in [0.1, 0.15) is 11.1 Å². The van der Waals surface area contributed by atoms with Crippen LogP contribution in [-0.4, -0.2) is 22.5 Å². The normalized spacial score (nSPS) is 11.4. The molecule has 112 valence electrons. The maximum absolute atomic E-state index is 12.7. The van der Waals surface area contributed by atoms with E-state index in [1.54, 1.807) is 31.3 Å². The van der Waals surface area contributed by atoms with E-state index in [2.05, 4.69) is 5.32 Å². The Morgan fingerprint density at radius 3 is 2.48 bits per heavy atom. The van der Waals surface area contributed by atoms with Crippen molar-refractivity contribution in [1.29, 1.82) is 0 Å². The van der Waals surface area contributed by atoms with Gasteiger partial charge in [-0.05, 0) is 49.4 Å². The van der Waals surface area contributed by atoms with Crippen molar-refractivity contribution < 1.29 is 8.42 Å². The summed E-state index contributed by atoms with van der Waals surface area (Å²) in [6.45, 7) is 2.58. The molecule has 1 N–H and O–H groups in total. The summed E-state index contributed by atoms with van der Waals surface area (Å²) in [4.78, 5) is 0.305. The monoisotopic (exact) mass is 304 g/mol. The summed E-state index contributed by atoms with van der Waals surface area (Å²) in [7, 11) is -0.132. The molecule has 0 heterocycles. The van der Waals surface area contributed by atoms with Crippen molar-refractivity contribution in [2.75, 3.05) is 18.4 Å². The van der Waals surface area contributed by atoms with Gasteiger partial charge in [-0.2, -0.15) is 0 Å². The van der Waals surface area contributed by atoms with Crippen molar-refractivity contribution in [2.45, 2.75) is 18.4 Å². The summed E-state index contributed by atoms with van der Waals surface area (Å²) in [6, 6.07) is 14.5. The van der Waals surface area contributed by atoms with Crippen LogP contribution in [0.3, 0.4) is 0 Å². The second-order valence-corrected chi connectivity index (χ2v) is 6.96. The molecule has 0 saturated heterocycles. The van der Waals surface area contributed by atoms with Gasteiger partial charge in [-0.1, -0.05) is 24.3 Å². The Morgan fingerprint density at radius 1 is 1.10 bits per heavy atom. The van der Waals surface area contributed by atoms with Crippen LogP contribution in [0.2, 0.25) is 0 Å². The number of aryl methyl sites for hydroxylation is 1. The molecule has 0 bridgehead atoms. The highest BCUT2D eigenvalue weighted by Crippen LogP contribution is 2.23. The summed E-state index contributed by atoms with van der Waals surface area (Å²) < 4.78 is 26.7. The lowest BCUT2D eigenvalue weighted by molar-refractivity contribution is 0.594. The van der Waals surface area contributed by atoms with E-state index in [4.69, 9.17) is 0 Å². The number of nitrogens with zero attached hydrogens (tertiary/aromatic N) is 1. The number of hydrogen-bond acceptors (Lipinski definition) is 3. The molecule has 2 rings (SSSR count). The molecular weight excluding hydrogens is 284 g/mol. The molecular formula is C16H20N2O2S. The van der Waals surface area contributed by atoms with Crippen LogP contribution in [-0.2, 0) is 16.6 Å². The fraction of sp³-hybridized carbons (Fsp3) is 0.250. The minimum Gasteiger partial charge on any atom is -0.316 e. The lowest BCUT2D eigenvalue weighted by atomic mass is 10.2. The molecule has 2 aromatic carbocycles. The van der Waals surface area contributed by atoms with E-state index in [0.29, 0.717) is 17.1 Å². The Hall–Kier alpha value is -1.85. The van der Waals surface area contributed by atoms with Crippen LogP contribution in [0.5, 0.6) is 0 Å². The van der Waals surface area contributed by atoms with Gasteiger partial charge >= 0.3 is 0 Å². The summed E-state index contributed by atoms with van der Waals surface area (Å²) >= 11 is 0. The molecule has 21 heavy (non-hydrogen) atoms. The minimum absolute atomic E-state index is 0.305. The maximum Gasteiger partial charge on any atom is 0.264 e. The molecule has 5 heteroatoms. The summed E-state index contributed by atoms with van der Waals surface area (Å²) in [5, 5.41) is 3.02. The molecule has 0 spiro atoms. The Bertz CT molecular complexity index is 727. The van der Waals surface area contributed by atoms with Gasteiger partial charge in [0, 0.05) is 13.6 Å². The molecule has 0 amide bonds. The number of hydrogen-bond donors (Lipinski definition) is 1. The predicted octanol–water partition coefficient (Wildman–Crippen LogP) is 2.54. The highest BCUT2D eigenvalue weighted by atomic mass is 32.2. The lowest BCUT2D eigenvalue weighted by Gasteiger charge is -2.20. The third kappa shape index (κ3) is 3.43. The van der Waals surface area contributed by atoms with E-state index in [-0.39, 0.29) is 0 Å². The molecule has 0 aliphatic heterocycles. The van der Waals surface area contributed by atoms with E-state index in [1.807, 2.05) is 38.2 Å².